The van der Waals surface area contributed by atoms with Crippen molar-refractivity contribution >= 4 is 50.1 Å². The van der Waals surface area contributed by atoms with Crippen molar-refractivity contribution in [2.75, 3.05) is 19.5 Å². The SMILES string of the molecule is COc1cc(OC)c(NC(=O)c2cc3cc(Br)ccc3oc2=O)cc1Cl. The summed E-state index contributed by atoms with van der Waals surface area (Å²) in [7, 11) is 2.91. The van der Waals surface area contributed by atoms with Crippen molar-refractivity contribution in [1.29, 1.82) is 0 Å². The van der Waals surface area contributed by atoms with Crippen LogP contribution in [0.25, 0.3) is 11.0 Å². The van der Waals surface area contributed by atoms with Crippen LogP contribution in [0, 0.1) is 0 Å². The lowest BCUT2D eigenvalue weighted by molar-refractivity contribution is 0.102. The molecule has 0 saturated heterocycles. The lowest BCUT2D eigenvalue weighted by Crippen LogP contribution is -2.21. The van der Waals surface area contributed by atoms with Crippen LogP contribution in [-0.2, 0) is 0 Å². The Bertz CT molecular complexity index is 1060. The van der Waals surface area contributed by atoms with Gasteiger partial charge >= 0.3 is 5.63 Å². The fourth-order valence-corrected chi connectivity index (χ4v) is 3.02. The molecule has 6 nitrogen and oxygen atoms in total. The summed E-state index contributed by atoms with van der Waals surface area (Å²) in [5.74, 6) is 0.101. The lowest BCUT2D eigenvalue weighted by atomic mass is 10.1. The third-order valence-electron chi connectivity index (χ3n) is 3.66. The predicted octanol–water partition coefficient (Wildman–Crippen LogP) is 4.48. The van der Waals surface area contributed by atoms with E-state index in [2.05, 4.69) is 21.2 Å². The van der Waals surface area contributed by atoms with Gasteiger partial charge in [-0.1, -0.05) is 27.5 Å². The number of nitrogens with one attached hydrogen (secondary N) is 1. The summed E-state index contributed by atoms with van der Waals surface area (Å²) in [6.07, 6.45) is 0. The first-order chi connectivity index (χ1) is 12.4. The van der Waals surface area contributed by atoms with Crippen molar-refractivity contribution in [3.05, 3.63) is 61.9 Å². The minimum atomic E-state index is -0.740. The molecule has 0 fully saturated rings. The standard InChI is InChI=1S/C18H13BrClNO5/c1-24-15-8-16(25-2)13(7-12(15)20)21-17(22)11-6-9-5-10(19)3-4-14(9)26-18(11)23/h3-8H,1-2H3,(H,21,22). The van der Waals surface area contributed by atoms with Crippen LogP contribution in [0.2, 0.25) is 5.02 Å². The van der Waals surface area contributed by atoms with E-state index in [0.29, 0.717) is 28.2 Å². The Hall–Kier alpha value is -2.51. The molecule has 0 aliphatic rings. The number of halogens is 2. The van der Waals surface area contributed by atoms with Crippen LogP contribution in [0.4, 0.5) is 5.69 Å². The van der Waals surface area contributed by atoms with Gasteiger partial charge in [0.25, 0.3) is 5.91 Å². The third-order valence-corrected chi connectivity index (χ3v) is 4.45. The highest BCUT2D eigenvalue weighted by Gasteiger charge is 2.17. The molecule has 3 aromatic rings. The number of hydrogen-bond acceptors (Lipinski definition) is 5. The Morgan fingerprint density at radius 2 is 1.85 bits per heavy atom. The summed E-state index contributed by atoms with van der Waals surface area (Å²) in [4.78, 5) is 24.7. The first kappa shape index (κ1) is 18.3. The van der Waals surface area contributed by atoms with Crippen molar-refractivity contribution in [3.63, 3.8) is 0 Å². The minimum absolute atomic E-state index is 0.135. The number of carbonyl (C=O) groups is 1. The molecule has 8 heteroatoms. The number of hydrogen-bond donors (Lipinski definition) is 1. The molecule has 1 amide bonds. The normalized spacial score (nSPS) is 10.6. The van der Waals surface area contributed by atoms with E-state index < -0.39 is 11.5 Å². The number of fused-ring (bicyclic) bond motifs is 1. The molecule has 0 radical (unpaired) electrons. The maximum Gasteiger partial charge on any atom is 0.349 e. The molecule has 134 valence electrons. The molecule has 0 atom stereocenters. The number of benzene rings is 2. The van der Waals surface area contributed by atoms with E-state index in [1.807, 2.05) is 0 Å². The zero-order valence-electron chi connectivity index (χ0n) is 13.8. The number of ether oxygens (including phenoxy) is 2. The zero-order chi connectivity index (χ0) is 18.8. The summed E-state index contributed by atoms with van der Waals surface area (Å²) in [5, 5.41) is 3.52. The van der Waals surface area contributed by atoms with Gasteiger partial charge in [-0.25, -0.2) is 4.79 Å². The van der Waals surface area contributed by atoms with Gasteiger partial charge in [-0.15, -0.1) is 0 Å². The van der Waals surface area contributed by atoms with Crippen LogP contribution in [0.3, 0.4) is 0 Å². The Morgan fingerprint density at radius 3 is 2.54 bits per heavy atom. The maximum absolute atomic E-state index is 12.6. The van der Waals surface area contributed by atoms with Crippen molar-refractivity contribution in [2.24, 2.45) is 0 Å². The largest absolute Gasteiger partial charge is 0.495 e. The van der Waals surface area contributed by atoms with E-state index >= 15 is 0 Å². The molecule has 0 saturated carbocycles. The molecule has 1 aromatic heterocycles. The van der Waals surface area contributed by atoms with Gasteiger partial charge in [0.05, 0.1) is 24.9 Å². The highest BCUT2D eigenvalue weighted by atomic mass is 79.9. The van der Waals surface area contributed by atoms with Crippen LogP contribution >= 0.6 is 27.5 Å². The van der Waals surface area contributed by atoms with Crippen LogP contribution in [0.1, 0.15) is 10.4 Å². The Labute approximate surface area is 161 Å². The molecule has 26 heavy (non-hydrogen) atoms. The van der Waals surface area contributed by atoms with Gasteiger partial charge in [-0.2, -0.15) is 0 Å². The van der Waals surface area contributed by atoms with Gasteiger partial charge in [0.15, 0.2) is 0 Å². The van der Waals surface area contributed by atoms with E-state index in [0.717, 1.165) is 4.47 Å². The topological polar surface area (TPSA) is 77.8 Å². The molecule has 0 aliphatic heterocycles. The van der Waals surface area contributed by atoms with Crippen molar-refractivity contribution in [2.45, 2.75) is 0 Å². The van der Waals surface area contributed by atoms with Gasteiger partial charge in [-0.05, 0) is 30.3 Å². The Balaban J connectivity index is 2.00. The zero-order valence-corrected chi connectivity index (χ0v) is 16.1. The predicted molar refractivity (Wildman–Crippen MR) is 103 cm³/mol. The second-order valence-corrected chi connectivity index (χ2v) is 6.59. The van der Waals surface area contributed by atoms with Crippen LogP contribution in [-0.4, -0.2) is 20.1 Å². The maximum atomic E-state index is 12.6. The van der Waals surface area contributed by atoms with Gasteiger partial charge in [0.1, 0.15) is 22.6 Å². The molecule has 0 aliphatic carbocycles. The minimum Gasteiger partial charge on any atom is -0.495 e. The number of amides is 1. The average molecular weight is 439 g/mol. The summed E-state index contributed by atoms with van der Waals surface area (Å²) in [5.41, 5.74) is -0.183. The van der Waals surface area contributed by atoms with Crippen molar-refractivity contribution < 1.29 is 18.7 Å². The second kappa shape index (κ2) is 7.39. The quantitative estimate of drug-likeness (QED) is 0.608. The Kier molecular flexibility index (Phi) is 5.20. The van der Waals surface area contributed by atoms with Gasteiger partial charge in [-0.3, -0.25) is 4.79 Å². The first-order valence-electron chi connectivity index (χ1n) is 7.39. The molecule has 1 heterocycles. The second-order valence-electron chi connectivity index (χ2n) is 5.27. The molecule has 2 aromatic carbocycles. The number of methoxy groups -OCH3 is 2. The van der Waals surface area contributed by atoms with E-state index in [4.69, 9.17) is 25.5 Å². The van der Waals surface area contributed by atoms with Gasteiger partial charge < -0.3 is 19.2 Å². The highest BCUT2D eigenvalue weighted by Crippen LogP contribution is 2.36. The number of rotatable bonds is 4. The van der Waals surface area contributed by atoms with E-state index in [-0.39, 0.29) is 10.6 Å². The van der Waals surface area contributed by atoms with Crippen molar-refractivity contribution in [1.82, 2.24) is 0 Å². The number of carbonyl (C=O) groups excluding carboxylic acids is 1. The van der Waals surface area contributed by atoms with Crippen LogP contribution in [0.15, 0.2) is 50.1 Å². The molecule has 0 unspecified atom stereocenters. The lowest BCUT2D eigenvalue weighted by Gasteiger charge is -2.13. The van der Waals surface area contributed by atoms with E-state index in [1.54, 1.807) is 18.2 Å². The van der Waals surface area contributed by atoms with Crippen molar-refractivity contribution in [3.8, 4) is 11.5 Å². The monoisotopic (exact) mass is 437 g/mol. The average Bonchev–Trinajstić information content (AvgIpc) is 2.61. The fraction of sp³-hybridized carbons (Fsp3) is 0.111. The molecular formula is C18H13BrClNO5. The molecule has 3 rings (SSSR count). The Morgan fingerprint density at radius 1 is 1.12 bits per heavy atom. The summed E-state index contributed by atoms with van der Waals surface area (Å²) < 4.78 is 16.4. The van der Waals surface area contributed by atoms with Gasteiger partial charge in [0, 0.05) is 15.9 Å². The van der Waals surface area contributed by atoms with Gasteiger partial charge in [0.2, 0.25) is 0 Å². The smallest absolute Gasteiger partial charge is 0.349 e. The summed E-state index contributed by atoms with van der Waals surface area (Å²) >= 11 is 9.44. The molecule has 0 spiro atoms. The molecular weight excluding hydrogens is 426 g/mol. The summed E-state index contributed by atoms with van der Waals surface area (Å²) in [6.45, 7) is 0. The summed E-state index contributed by atoms with van der Waals surface area (Å²) in [6, 6.07) is 9.64. The molecule has 1 N–H and O–H groups in total. The highest BCUT2D eigenvalue weighted by molar-refractivity contribution is 9.10. The van der Waals surface area contributed by atoms with Crippen LogP contribution < -0.4 is 20.4 Å². The third kappa shape index (κ3) is 3.54. The fourth-order valence-electron chi connectivity index (χ4n) is 2.40. The van der Waals surface area contributed by atoms with E-state index in [9.17, 15) is 9.59 Å². The molecule has 0 bridgehead atoms. The number of anilines is 1. The van der Waals surface area contributed by atoms with Crippen LogP contribution in [0.5, 0.6) is 11.5 Å². The van der Waals surface area contributed by atoms with E-state index in [1.165, 1.54) is 32.4 Å². The first-order valence-corrected chi connectivity index (χ1v) is 8.56.